The lowest BCUT2D eigenvalue weighted by Gasteiger charge is -2.24. The molecule has 0 aromatic heterocycles. The van der Waals surface area contributed by atoms with Gasteiger partial charge >= 0.3 is 0 Å². The summed E-state index contributed by atoms with van der Waals surface area (Å²) in [5.74, 6) is 1.50. The van der Waals surface area contributed by atoms with E-state index >= 15 is 0 Å². The molecule has 1 saturated carbocycles. The van der Waals surface area contributed by atoms with E-state index in [9.17, 15) is 8.42 Å². The van der Waals surface area contributed by atoms with Crippen molar-refractivity contribution in [2.24, 2.45) is 5.92 Å². The molecule has 10 heavy (non-hydrogen) atoms. The highest BCUT2D eigenvalue weighted by molar-refractivity contribution is 7.87. The third kappa shape index (κ3) is 2.66. The molecule has 4 heteroatoms. The molecule has 1 radical (unpaired) electrons. The fourth-order valence-corrected chi connectivity index (χ4v) is 1.50. The summed E-state index contributed by atoms with van der Waals surface area (Å²) in [6.45, 7) is 0. The number of hydrogen-bond donors (Lipinski definition) is 1. The quantitative estimate of drug-likeness (QED) is 0.636. The molecule has 0 aromatic rings. The lowest BCUT2D eigenvalue weighted by molar-refractivity contribution is 0.314. The minimum absolute atomic E-state index is 0.502. The number of hydrogen-bond acceptors (Lipinski definition) is 2. The van der Waals surface area contributed by atoms with E-state index in [4.69, 9.17) is 4.55 Å². The molecular formula is C6H11O3S. The Balaban J connectivity index is 2.16. The van der Waals surface area contributed by atoms with Crippen molar-refractivity contribution < 1.29 is 13.0 Å². The van der Waals surface area contributed by atoms with Gasteiger partial charge in [0.25, 0.3) is 10.1 Å². The van der Waals surface area contributed by atoms with Gasteiger partial charge in [-0.25, -0.2) is 0 Å². The zero-order valence-electron chi connectivity index (χ0n) is 5.66. The van der Waals surface area contributed by atoms with E-state index in [1.54, 1.807) is 0 Å². The second-order valence-electron chi connectivity index (χ2n) is 2.71. The maximum Gasteiger partial charge on any atom is 0.269 e. The first kappa shape index (κ1) is 8.01. The van der Waals surface area contributed by atoms with Gasteiger partial charge in [0.15, 0.2) is 0 Å². The Morgan fingerprint density at radius 3 is 2.40 bits per heavy atom. The number of rotatable bonds is 3. The van der Waals surface area contributed by atoms with Crippen LogP contribution in [0.3, 0.4) is 0 Å². The smallest absolute Gasteiger partial charge is 0.269 e. The summed E-state index contributed by atoms with van der Waals surface area (Å²) in [5, 5.41) is 0. The maximum atomic E-state index is 10.2. The Morgan fingerprint density at radius 1 is 1.50 bits per heavy atom. The van der Waals surface area contributed by atoms with Crippen molar-refractivity contribution in [1.82, 2.24) is 0 Å². The van der Waals surface area contributed by atoms with Crippen molar-refractivity contribution in [2.75, 3.05) is 0 Å². The van der Waals surface area contributed by atoms with E-state index in [2.05, 4.69) is 0 Å². The van der Waals surface area contributed by atoms with Crippen LogP contribution in [-0.4, -0.2) is 13.0 Å². The third-order valence-corrected chi connectivity index (χ3v) is 2.48. The van der Waals surface area contributed by atoms with Crippen LogP contribution in [0.5, 0.6) is 0 Å². The minimum atomic E-state index is -3.82. The van der Waals surface area contributed by atoms with Crippen LogP contribution in [0.1, 0.15) is 25.7 Å². The molecule has 1 aliphatic carbocycles. The van der Waals surface area contributed by atoms with Crippen LogP contribution in [0, 0.1) is 11.7 Å². The Kier molecular flexibility index (Phi) is 2.31. The largest absolute Gasteiger partial charge is 0.285 e. The van der Waals surface area contributed by atoms with Crippen LogP contribution in [0.2, 0.25) is 0 Å². The van der Waals surface area contributed by atoms with Crippen molar-refractivity contribution in [3.05, 3.63) is 5.75 Å². The molecule has 1 N–H and O–H groups in total. The summed E-state index contributed by atoms with van der Waals surface area (Å²) in [7, 11) is -3.82. The van der Waals surface area contributed by atoms with E-state index in [1.807, 2.05) is 0 Å². The van der Waals surface area contributed by atoms with Crippen LogP contribution in [0.25, 0.3) is 0 Å². The van der Waals surface area contributed by atoms with E-state index in [0.29, 0.717) is 12.3 Å². The van der Waals surface area contributed by atoms with Crippen LogP contribution in [0.4, 0.5) is 0 Å². The molecule has 0 saturated heterocycles. The molecule has 0 amide bonds. The maximum absolute atomic E-state index is 10.2. The van der Waals surface area contributed by atoms with Crippen molar-refractivity contribution in [2.45, 2.75) is 25.7 Å². The Bertz CT molecular complexity index is 191. The normalized spacial score (nSPS) is 20.5. The second-order valence-corrected chi connectivity index (χ2v) is 4.08. The van der Waals surface area contributed by atoms with Gasteiger partial charge in [0, 0.05) is 0 Å². The van der Waals surface area contributed by atoms with Crippen molar-refractivity contribution in [1.29, 1.82) is 0 Å². The predicted molar refractivity (Wildman–Crippen MR) is 37.8 cm³/mol. The van der Waals surface area contributed by atoms with Crippen LogP contribution in [-0.2, 0) is 10.1 Å². The molecule has 0 aliphatic heterocycles. The van der Waals surface area contributed by atoms with Gasteiger partial charge in [-0.15, -0.1) is 0 Å². The lowest BCUT2D eigenvalue weighted by Crippen LogP contribution is -2.12. The van der Waals surface area contributed by atoms with Gasteiger partial charge < -0.3 is 0 Å². The first-order chi connectivity index (χ1) is 4.58. The Hall–Kier alpha value is -0.0900. The summed E-state index contributed by atoms with van der Waals surface area (Å²) in [4.78, 5) is 0. The Labute approximate surface area is 61.2 Å². The highest BCUT2D eigenvalue weighted by Gasteiger charge is 2.19. The zero-order valence-corrected chi connectivity index (χ0v) is 6.47. The van der Waals surface area contributed by atoms with Crippen LogP contribution >= 0.6 is 0 Å². The van der Waals surface area contributed by atoms with Crippen molar-refractivity contribution >= 4 is 10.1 Å². The average Bonchev–Trinajstić information content (AvgIpc) is 1.56. The van der Waals surface area contributed by atoms with E-state index < -0.39 is 10.1 Å². The predicted octanol–water partition coefficient (Wildman–Crippen LogP) is 1.23. The summed E-state index contributed by atoms with van der Waals surface area (Å²) < 4.78 is 28.7. The topological polar surface area (TPSA) is 54.4 Å². The molecule has 0 aromatic carbocycles. The first-order valence-corrected chi connectivity index (χ1v) is 4.89. The Morgan fingerprint density at radius 2 is 2.10 bits per heavy atom. The molecule has 1 aliphatic rings. The van der Waals surface area contributed by atoms with Crippen molar-refractivity contribution in [3.63, 3.8) is 0 Å². The van der Waals surface area contributed by atoms with Gasteiger partial charge in [0.05, 0.1) is 0 Å². The molecule has 1 fully saturated rings. The minimum Gasteiger partial charge on any atom is -0.285 e. The summed E-state index contributed by atoms with van der Waals surface area (Å²) >= 11 is 0. The van der Waals surface area contributed by atoms with Gasteiger partial charge in [0.2, 0.25) is 0 Å². The monoisotopic (exact) mass is 163 g/mol. The van der Waals surface area contributed by atoms with Gasteiger partial charge in [-0.1, -0.05) is 19.3 Å². The second kappa shape index (κ2) is 2.88. The van der Waals surface area contributed by atoms with Gasteiger partial charge in [0.1, 0.15) is 5.75 Å². The fraction of sp³-hybridized carbons (Fsp3) is 0.833. The third-order valence-electron chi connectivity index (χ3n) is 1.86. The zero-order chi connectivity index (χ0) is 7.61. The molecule has 0 atom stereocenters. The molecule has 0 unspecified atom stereocenters. The van der Waals surface area contributed by atoms with Crippen molar-refractivity contribution in [3.8, 4) is 0 Å². The molecule has 0 heterocycles. The van der Waals surface area contributed by atoms with Gasteiger partial charge in [-0.2, -0.15) is 8.42 Å². The average molecular weight is 163 g/mol. The molecule has 0 bridgehead atoms. The first-order valence-electron chi connectivity index (χ1n) is 3.38. The summed E-state index contributed by atoms with van der Waals surface area (Å²) in [6, 6.07) is 0. The SMILES string of the molecule is O=S(=O)(O)[CH]CC1CCC1. The fourth-order valence-electron chi connectivity index (χ4n) is 0.986. The molecule has 0 spiro atoms. The highest BCUT2D eigenvalue weighted by Crippen LogP contribution is 2.30. The highest BCUT2D eigenvalue weighted by atomic mass is 32.2. The summed E-state index contributed by atoms with van der Waals surface area (Å²) in [6.07, 6.45) is 3.92. The van der Waals surface area contributed by atoms with E-state index in [1.165, 1.54) is 6.42 Å². The van der Waals surface area contributed by atoms with Crippen LogP contribution in [0.15, 0.2) is 0 Å². The van der Waals surface area contributed by atoms with Gasteiger partial charge in [-0.3, -0.25) is 4.55 Å². The molecule has 3 nitrogen and oxygen atoms in total. The van der Waals surface area contributed by atoms with Gasteiger partial charge in [-0.05, 0) is 12.3 Å². The molecular weight excluding hydrogens is 152 g/mol. The molecule has 1 rings (SSSR count). The summed E-state index contributed by atoms with van der Waals surface area (Å²) in [5.41, 5.74) is 0. The molecule has 59 valence electrons. The lowest BCUT2D eigenvalue weighted by atomic mass is 9.84. The van der Waals surface area contributed by atoms with E-state index in [-0.39, 0.29) is 0 Å². The standard InChI is InChI=1S/C6H11O3S/c7-10(8,9)5-4-6-2-1-3-6/h5-6H,1-4H2,(H,7,8,9). The van der Waals surface area contributed by atoms with E-state index in [0.717, 1.165) is 18.6 Å². The van der Waals surface area contributed by atoms with Crippen LogP contribution < -0.4 is 0 Å².